The van der Waals surface area contributed by atoms with E-state index in [1.54, 1.807) is 0 Å². The number of carbonyl (C=O) groups is 1. The minimum absolute atomic E-state index is 0.0183. The van der Waals surface area contributed by atoms with E-state index in [9.17, 15) is 9.90 Å². The van der Waals surface area contributed by atoms with E-state index in [1.165, 1.54) is 24.8 Å². The van der Waals surface area contributed by atoms with Crippen molar-refractivity contribution < 1.29 is 19.4 Å². The third-order valence-corrected chi connectivity index (χ3v) is 7.63. The van der Waals surface area contributed by atoms with Gasteiger partial charge in [-0.15, -0.1) is 0 Å². The molecule has 174 valence electrons. The van der Waals surface area contributed by atoms with Crippen LogP contribution in [0.5, 0.6) is 5.75 Å². The maximum atomic E-state index is 12.9. The van der Waals surface area contributed by atoms with Crippen molar-refractivity contribution in [3.63, 3.8) is 0 Å². The molecule has 1 atom stereocenters. The number of nitrogens with zero attached hydrogens (tertiary/aromatic N) is 2. The van der Waals surface area contributed by atoms with E-state index in [2.05, 4.69) is 17.0 Å². The zero-order valence-corrected chi connectivity index (χ0v) is 19.0. The predicted octanol–water partition coefficient (Wildman–Crippen LogP) is 3.45. The van der Waals surface area contributed by atoms with E-state index in [0.717, 1.165) is 63.5 Å². The van der Waals surface area contributed by atoms with E-state index in [-0.39, 0.29) is 24.7 Å². The number of aliphatic hydroxyl groups excluding tert-OH is 1. The Labute approximate surface area is 191 Å². The zero-order chi connectivity index (χ0) is 21.9. The van der Waals surface area contributed by atoms with E-state index in [0.29, 0.717) is 18.3 Å². The van der Waals surface area contributed by atoms with Crippen LogP contribution in [0.15, 0.2) is 36.1 Å². The lowest BCUT2D eigenvalue weighted by Crippen LogP contribution is -2.42. The van der Waals surface area contributed by atoms with Crippen LogP contribution in [0.1, 0.15) is 62.8 Å². The largest absolute Gasteiger partial charge is 0.452 e. The summed E-state index contributed by atoms with van der Waals surface area (Å²) in [5, 5.41) is 9.45. The van der Waals surface area contributed by atoms with Gasteiger partial charge in [-0.05, 0) is 87.6 Å². The van der Waals surface area contributed by atoms with Crippen LogP contribution in [0.4, 0.5) is 0 Å². The van der Waals surface area contributed by atoms with Gasteiger partial charge in [-0.1, -0.05) is 12.1 Å². The highest BCUT2D eigenvalue weighted by atomic mass is 16.5. The highest BCUT2D eigenvalue weighted by molar-refractivity contribution is 5.94. The maximum Gasteiger partial charge on any atom is 0.289 e. The topological polar surface area (TPSA) is 62.2 Å². The van der Waals surface area contributed by atoms with Crippen LogP contribution in [-0.2, 0) is 9.53 Å². The molecule has 0 unspecified atom stereocenters. The Hall–Kier alpha value is -1.89. The van der Waals surface area contributed by atoms with E-state index >= 15 is 0 Å². The molecule has 0 bridgehead atoms. The van der Waals surface area contributed by atoms with Crippen molar-refractivity contribution in [2.45, 2.75) is 75.5 Å². The molecule has 32 heavy (non-hydrogen) atoms. The van der Waals surface area contributed by atoms with Crippen molar-refractivity contribution in [2.24, 2.45) is 0 Å². The molecule has 6 heteroatoms. The molecule has 1 amide bonds. The van der Waals surface area contributed by atoms with Crippen molar-refractivity contribution in [1.82, 2.24) is 9.80 Å². The molecule has 1 aromatic rings. The number of benzene rings is 1. The van der Waals surface area contributed by atoms with Crippen LogP contribution < -0.4 is 4.74 Å². The van der Waals surface area contributed by atoms with Crippen LogP contribution in [-0.4, -0.2) is 71.8 Å². The number of hydrogen-bond donors (Lipinski definition) is 1. The van der Waals surface area contributed by atoms with Crippen LogP contribution in [0.25, 0.3) is 0 Å². The molecule has 6 nitrogen and oxygen atoms in total. The third-order valence-electron chi connectivity index (χ3n) is 7.63. The maximum absolute atomic E-state index is 12.9. The lowest BCUT2D eigenvalue weighted by molar-refractivity contribution is -0.130. The van der Waals surface area contributed by atoms with Crippen molar-refractivity contribution in [1.29, 1.82) is 0 Å². The molecule has 2 aliphatic heterocycles. The fourth-order valence-electron chi connectivity index (χ4n) is 5.50. The second-order valence-electron chi connectivity index (χ2n) is 9.79. The molecular formula is C26H36N2O4. The summed E-state index contributed by atoms with van der Waals surface area (Å²) in [6.07, 6.45) is 11.0. The number of carbonyl (C=O) groups excluding carboxylic acids is 1. The number of aliphatic hydroxyl groups is 1. The number of amides is 1. The zero-order valence-electron chi connectivity index (χ0n) is 19.0. The molecule has 5 rings (SSSR count). The van der Waals surface area contributed by atoms with Crippen LogP contribution in [0.2, 0.25) is 0 Å². The molecule has 2 heterocycles. The summed E-state index contributed by atoms with van der Waals surface area (Å²) in [6.45, 7) is 3.60. The first-order valence-corrected chi connectivity index (χ1v) is 12.5. The number of rotatable bonds is 9. The number of hydrogen-bond acceptors (Lipinski definition) is 5. The van der Waals surface area contributed by atoms with Gasteiger partial charge < -0.3 is 19.5 Å². The summed E-state index contributed by atoms with van der Waals surface area (Å²) < 4.78 is 12.1. The summed E-state index contributed by atoms with van der Waals surface area (Å²) in [7, 11) is 0. The molecule has 2 aliphatic carbocycles. The summed E-state index contributed by atoms with van der Waals surface area (Å²) in [6, 6.07) is 8.81. The first-order chi connectivity index (χ1) is 15.7. The standard InChI is InChI=1S/C26H36N2O4/c29-18-22-2-1-14-27(22)16-17-31-23-11-7-21(8-12-23)28-15-13-25(26(28)30)32-24-9-5-20(6-10-24)19-3-4-19/h5-6,9-10,13,19,21-23,29H,1-4,7-8,11-12,14-18H2/t21?,22-,23?/m0/s1. The van der Waals surface area contributed by atoms with Gasteiger partial charge in [-0.25, -0.2) is 0 Å². The van der Waals surface area contributed by atoms with Gasteiger partial charge in [0.15, 0.2) is 5.76 Å². The van der Waals surface area contributed by atoms with Gasteiger partial charge in [0.1, 0.15) is 5.75 Å². The average molecular weight is 441 g/mol. The Morgan fingerprint density at radius 3 is 2.50 bits per heavy atom. The summed E-state index contributed by atoms with van der Waals surface area (Å²) in [4.78, 5) is 17.3. The molecule has 0 aromatic heterocycles. The second-order valence-corrected chi connectivity index (χ2v) is 9.79. The SMILES string of the molecule is O=C1C(Oc2ccc(C3CC3)cc2)=CCN1C1CCC(OCCN2CCC[C@H]2CO)CC1. The van der Waals surface area contributed by atoms with Gasteiger partial charge in [0.2, 0.25) is 0 Å². The van der Waals surface area contributed by atoms with Crippen molar-refractivity contribution in [3.8, 4) is 5.75 Å². The van der Waals surface area contributed by atoms with E-state index < -0.39 is 0 Å². The summed E-state index contributed by atoms with van der Waals surface area (Å²) in [5.74, 6) is 1.95. The van der Waals surface area contributed by atoms with Gasteiger partial charge in [-0.3, -0.25) is 9.69 Å². The highest BCUT2D eigenvalue weighted by Gasteiger charge is 2.34. The van der Waals surface area contributed by atoms with Crippen LogP contribution in [0, 0.1) is 0 Å². The molecule has 0 spiro atoms. The predicted molar refractivity (Wildman–Crippen MR) is 123 cm³/mol. The van der Waals surface area contributed by atoms with Crippen molar-refractivity contribution in [2.75, 3.05) is 32.8 Å². The van der Waals surface area contributed by atoms with Gasteiger partial charge >= 0.3 is 0 Å². The highest BCUT2D eigenvalue weighted by Crippen LogP contribution is 2.40. The van der Waals surface area contributed by atoms with Crippen LogP contribution in [0.3, 0.4) is 0 Å². The van der Waals surface area contributed by atoms with Crippen molar-refractivity contribution >= 4 is 5.91 Å². The molecule has 1 saturated heterocycles. The molecule has 4 aliphatic rings. The molecule has 2 saturated carbocycles. The van der Waals surface area contributed by atoms with Crippen molar-refractivity contribution in [3.05, 3.63) is 41.7 Å². The van der Waals surface area contributed by atoms with Gasteiger partial charge in [0, 0.05) is 25.2 Å². The molecule has 0 radical (unpaired) electrons. The first-order valence-electron chi connectivity index (χ1n) is 12.5. The van der Waals surface area contributed by atoms with E-state index in [1.807, 2.05) is 23.1 Å². The van der Waals surface area contributed by atoms with Gasteiger partial charge in [0.05, 0.1) is 19.3 Å². The van der Waals surface area contributed by atoms with E-state index in [4.69, 9.17) is 9.47 Å². The molecule has 3 fully saturated rings. The second kappa shape index (κ2) is 9.94. The van der Waals surface area contributed by atoms with Gasteiger partial charge in [0.25, 0.3) is 5.91 Å². The molecule has 1 N–H and O–H groups in total. The van der Waals surface area contributed by atoms with Gasteiger partial charge in [-0.2, -0.15) is 0 Å². The Balaban J connectivity index is 1.04. The smallest absolute Gasteiger partial charge is 0.289 e. The fourth-order valence-corrected chi connectivity index (χ4v) is 5.50. The Kier molecular flexibility index (Phi) is 6.81. The third kappa shape index (κ3) is 5.03. The summed E-state index contributed by atoms with van der Waals surface area (Å²) >= 11 is 0. The normalized spacial score (nSPS) is 28.9. The minimum Gasteiger partial charge on any atom is -0.452 e. The minimum atomic E-state index is 0.0183. The lowest BCUT2D eigenvalue weighted by atomic mass is 9.92. The monoisotopic (exact) mass is 440 g/mol. The average Bonchev–Trinajstić information content (AvgIpc) is 3.48. The number of likely N-dealkylation sites (tertiary alicyclic amines) is 1. The first kappa shape index (κ1) is 21.9. The Morgan fingerprint density at radius 2 is 1.78 bits per heavy atom. The Bertz CT molecular complexity index is 812. The Morgan fingerprint density at radius 1 is 1.00 bits per heavy atom. The van der Waals surface area contributed by atoms with Crippen LogP contribution >= 0.6 is 0 Å². The quantitative estimate of drug-likeness (QED) is 0.637. The fraction of sp³-hybridized carbons (Fsp3) is 0.654. The number of ether oxygens (including phenoxy) is 2. The summed E-state index contributed by atoms with van der Waals surface area (Å²) in [5.41, 5.74) is 1.37. The molecular weight excluding hydrogens is 404 g/mol. The molecule has 1 aromatic carbocycles. The lowest BCUT2D eigenvalue weighted by Gasteiger charge is -2.35.